The van der Waals surface area contributed by atoms with Gasteiger partial charge in [-0.2, -0.15) is 0 Å². The van der Waals surface area contributed by atoms with Gasteiger partial charge >= 0.3 is 0 Å². The van der Waals surface area contributed by atoms with Crippen LogP contribution in [-0.4, -0.2) is 33.9 Å². The Kier molecular flexibility index (Phi) is 6.11. The number of rotatable bonds is 8. The monoisotopic (exact) mass is 286 g/mol. The standard InChI is InChI=1S/C13H22N2O3S/c1-3-8-15(13-7-5-6-12(14)11-13)19(16,17)10-9-18-4-2/h5-7,11H,3-4,8-10,14H2,1-2H3. The molecule has 19 heavy (non-hydrogen) atoms. The average Bonchev–Trinajstić information content (AvgIpc) is 2.36. The van der Waals surface area contributed by atoms with Crippen molar-refractivity contribution in [3.05, 3.63) is 24.3 Å². The van der Waals surface area contributed by atoms with E-state index < -0.39 is 10.0 Å². The summed E-state index contributed by atoms with van der Waals surface area (Å²) in [7, 11) is -3.37. The van der Waals surface area contributed by atoms with Crippen molar-refractivity contribution < 1.29 is 13.2 Å². The van der Waals surface area contributed by atoms with Crippen molar-refractivity contribution in [1.29, 1.82) is 0 Å². The molecule has 0 unspecified atom stereocenters. The van der Waals surface area contributed by atoms with Crippen LogP contribution in [0.2, 0.25) is 0 Å². The van der Waals surface area contributed by atoms with E-state index in [9.17, 15) is 8.42 Å². The first-order valence-corrected chi connectivity index (χ1v) is 8.06. The quantitative estimate of drug-likeness (QED) is 0.585. The molecule has 0 aliphatic carbocycles. The Balaban J connectivity index is 2.93. The van der Waals surface area contributed by atoms with Gasteiger partial charge in [-0.15, -0.1) is 0 Å². The molecule has 5 nitrogen and oxygen atoms in total. The number of sulfonamides is 1. The number of nitrogens with two attached hydrogens (primary N) is 1. The first-order valence-electron chi connectivity index (χ1n) is 6.45. The molecule has 0 fully saturated rings. The van der Waals surface area contributed by atoms with Crippen LogP contribution in [0.4, 0.5) is 11.4 Å². The zero-order valence-electron chi connectivity index (χ0n) is 11.5. The average molecular weight is 286 g/mol. The van der Waals surface area contributed by atoms with Gasteiger partial charge in [0.1, 0.15) is 0 Å². The Morgan fingerprint density at radius 1 is 1.32 bits per heavy atom. The minimum atomic E-state index is -3.37. The lowest BCUT2D eigenvalue weighted by Gasteiger charge is -2.24. The Morgan fingerprint density at radius 3 is 2.63 bits per heavy atom. The van der Waals surface area contributed by atoms with Crippen LogP contribution in [0, 0.1) is 0 Å². The van der Waals surface area contributed by atoms with Crippen LogP contribution in [0.25, 0.3) is 0 Å². The molecule has 1 aromatic carbocycles. The normalized spacial score (nSPS) is 11.5. The van der Waals surface area contributed by atoms with E-state index in [0.29, 0.717) is 24.5 Å². The minimum absolute atomic E-state index is 0.0182. The molecule has 0 amide bonds. The summed E-state index contributed by atoms with van der Waals surface area (Å²) in [6, 6.07) is 6.92. The molecule has 0 radical (unpaired) electrons. The fraction of sp³-hybridized carbons (Fsp3) is 0.538. The second-order valence-electron chi connectivity index (χ2n) is 4.18. The van der Waals surface area contributed by atoms with Gasteiger partial charge < -0.3 is 10.5 Å². The molecular formula is C13H22N2O3S. The first-order chi connectivity index (χ1) is 9.01. The highest BCUT2D eigenvalue weighted by Gasteiger charge is 2.21. The fourth-order valence-corrected chi connectivity index (χ4v) is 3.17. The molecule has 6 heteroatoms. The molecule has 1 rings (SSSR count). The van der Waals surface area contributed by atoms with Crippen LogP contribution in [-0.2, 0) is 14.8 Å². The molecular weight excluding hydrogens is 264 g/mol. The minimum Gasteiger partial charge on any atom is -0.399 e. The van der Waals surface area contributed by atoms with Crippen LogP contribution < -0.4 is 10.0 Å². The zero-order valence-corrected chi connectivity index (χ0v) is 12.3. The van der Waals surface area contributed by atoms with Crippen molar-refractivity contribution in [3.63, 3.8) is 0 Å². The molecule has 0 spiro atoms. The van der Waals surface area contributed by atoms with Crippen LogP contribution in [0.15, 0.2) is 24.3 Å². The molecule has 0 saturated carbocycles. The van der Waals surface area contributed by atoms with Gasteiger partial charge in [0.2, 0.25) is 10.0 Å². The fourth-order valence-electron chi connectivity index (χ4n) is 1.73. The number of nitrogens with zero attached hydrogens (tertiary/aromatic N) is 1. The van der Waals surface area contributed by atoms with Crippen molar-refractivity contribution in [2.75, 3.05) is 35.6 Å². The molecule has 2 N–H and O–H groups in total. The number of anilines is 2. The maximum Gasteiger partial charge on any atom is 0.237 e. The van der Waals surface area contributed by atoms with Crippen molar-refractivity contribution >= 4 is 21.4 Å². The number of hydrogen-bond donors (Lipinski definition) is 1. The highest BCUT2D eigenvalue weighted by atomic mass is 32.2. The zero-order chi connectivity index (χ0) is 14.3. The summed E-state index contributed by atoms with van der Waals surface area (Å²) in [5.74, 6) is -0.0182. The SMILES string of the molecule is CCCN(c1cccc(N)c1)S(=O)(=O)CCOCC. The predicted molar refractivity (Wildman–Crippen MR) is 78.8 cm³/mol. The smallest absolute Gasteiger partial charge is 0.237 e. The van der Waals surface area contributed by atoms with E-state index in [1.54, 1.807) is 24.3 Å². The second-order valence-corrected chi connectivity index (χ2v) is 6.19. The molecule has 0 heterocycles. The van der Waals surface area contributed by atoms with E-state index in [4.69, 9.17) is 10.5 Å². The summed E-state index contributed by atoms with van der Waals surface area (Å²) in [6.07, 6.45) is 0.739. The van der Waals surface area contributed by atoms with E-state index in [0.717, 1.165) is 6.42 Å². The number of nitrogen functional groups attached to an aromatic ring is 1. The van der Waals surface area contributed by atoms with Gasteiger partial charge in [-0.3, -0.25) is 4.31 Å². The molecule has 0 atom stereocenters. The number of ether oxygens (including phenoxy) is 1. The van der Waals surface area contributed by atoms with Crippen molar-refractivity contribution in [2.45, 2.75) is 20.3 Å². The molecule has 0 saturated heterocycles. The lowest BCUT2D eigenvalue weighted by Crippen LogP contribution is -2.35. The van der Waals surface area contributed by atoms with Crippen molar-refractivity contribution in [3.8, 4) is 0 Å². The van der Waals surface area contributed by atoms with Crippen molar-refractivity contribution in [1.82, 2.24) is 0 Å². The second kappa shape index (κ2) is 7.35. The summed E-state index contributed by atoms with van der Waals surface area (Å²) in [4.78, 5) is 0. The molecule has 0 aliphatic heterocycles. The van der Waals surface area contributed by atoms with Crippen LogP contribution in [0.3, 0.4) is 0 Å². The van der Waals surface area contributed by atoms with Gasteiger partial charge in [0.15, 0.2) is 0 Å². The topological polar surface area (TPSA) is 72.6 Å². The Bertz CT molecular complexity index is 488. The molecule has 0 aromatic heterocycles. The Hall–Kier alpha value is -1.27. The molecule has 1 aromatic rings. The third kappa shape index (κ3) is 4.72. The molecule has 0 bridgehead atoms. The van der Waals surface area contributed by atoms with E-state index in [-0.39, 0.29) is 12.4 Å². The van der Waals surface area contributed by atoms with Gasteiger partial charge in [0, 0.05) is 18.8 Å². The van der Waals surface area contributed by atoms with Crippen LogP contribution >= 0.6 is 0 Å². The largest absolute Gasteiger partial charge is 0.399 e. The van der Waals surface area contributed by atoms with Gasteiger partial charge in [0.05, 0.1) is 18.0 Å². The Labute approximate surface area is 115 Å². The third-order valence-electron chi connectivity index (χ3n) is 2.61. The molecule has 0 aliphatic rings. The summed E-state index contributed by atoms with van der Waals surface area (Å²) >= 11 is 0. The highest BCUT2D eigenvalue weighted by molar-refractivity contribution is 7.92. The number of hydrogen-bond acceptors (Lipinski definition) is 4. The van der Waals surface area contributed by atoms with E-state index in [1.807, 2.05) is 13.8 Å². The summed E-state index contributed by atoms with van der Waals surface area (Å²) < 4.78 is 31.2. The van der Waals surface area contributed by atoms with Crippen molar-refractivity contribution in [2.24, 2.45) is 0 Å². The van der Waals surface area contributed by atoms with Gasteiger partial charge in [0.25, 0.3) is 0 Å². The van der Waals surface area contributed by atoms with E-state index in [1.165, 1.54) is 4.31 Å². The lowest BCUT2D eigenvalue weighted by atomic mass is 10.3. The highest BCUT2D eigenvalue weighted by Crippen LogP contribution is 2.21. The third-order valence-corrected chi connectivity index (χ3v) is 4.36. The van der Waals surface area contributed by atoms with E-state index in [2.05, 4.69) is 0 Å². The van der Waals surface area contributed by atoms with Gasteiger partial charge in [-0.1, -0.05) is 13.0 Å². The maximum absolute atomic E-state index is 12.3. The van der Waals surface area contributed by atoms with Crippen LogP contribution in [0.1, 0.15) is 20.3 Å². The first kappa shape index (κ1) is 15.8. The summed E-state index contributed by atoms with van der Waals surface area (Å²) in [5, 5.41) is 0. The summed E-state index contributed by atoms with van der Waals surface area (Å²) in [5.41, 5.74) is 6.88. The van der Waals surface area contributed by atoms with Gasteiger partial charge in [-0.05, 0) is 31.5 Å². The predicted octanol–water partition coefficient (Wildman–Crippen LogP) is 1.85. The van der Waals surface area contributed by atoms with Crippen LogP contribution in [0.5, 0.6) is 0 Å². The lowest BCUT2D eigenvalue weighted by molar-refractivity contribution is 0.163. The number of benzene rings is 1. The maximum atomic E-state index is 12.3. The summed E-state index contributed by atoms with van der Waals surface area (Å²) in [6.45, 7) is 4.95. The van der Waals surface area contributed by atoms with Gasteiger partial charge in [-0.25, -0.2) is 8.42 Å². The Morgan fingerprint density at radius 2 is 2.05 bits per heavy atom. The molecule has 108 valence electrons. The van der Waals surface area contributed by atoms with E-state index >= 15 is 0 Å².